The van der Waals surface area contributed by atoms with E-state index in [-0.39, 0.29) is 0 Å². The molecule has 0 radical (unpaired) electrons. The normalized spacial score (nSPS) is 23.1. The van der Waals surface area contributed by atoms with Crippen LogP contribution >= 0.6 is 0 Å². The van der Waals surface area contributed by atoms with Gasteiger partial charge in [-0.05, 0) is 30.9 Å². The molecule has 2 rings (SSSR count). The van der Waals surface area contributed by atoms with Crippen LogP contribution in [0.1, 0.15) is 43.0 Å². The average Bonchev–Trinajstić information content (AvgIpc) is 2.38. The number of primary amides is 1. The lowest BCUT2D eigenvalue weighted by Gasteiger charge is -2.38. The van der Waals surface area contributed by atoms with E-state index in [0.29, 0.717) is 23.2 Å². The lowest BCUT2D eigenvalue weighted by Crippen LogP contribution is -2.40. The zero-order valence-corrected chi connectivity index (χ0v) is 11.7. The third-order valence-electron chi connectivity index (χ3n) is 4.25. The number of benzene rings is 1. The number of hydrogen-bond acceptors (Lipinski definition) is 3. The summed E-state index contributed by atoms with van der Waals surface area (Å²) in [5.41, 5.74) is 13.4. The van der Waals surface area contributed by atoms with E-state index >= 15 is 0 Å². The van der Waals surface area contributed by atoms with Crippen LogP contribution < -0.4 is 16.4 Å². The van der Waals surface area contributed by atoms with Gasteiger partial charge in [0, 0.05) is 13.1 Å². The molecule has 2 unspecified atom stereocenters. The first-order chi connectivity index (χ1) is 9.02. The van der Waals surface area contributed by atoms with Gasteiger partial charge in [-0.25, -0.2) is 0 Å². The Labute approximate surface area is 114 Å². The monoisotopic (exact) mass is 261 g/mol. The highest BCUT2D eigenvalue weighted by Gasteiger charge is 2.28. The molecular formula is C15H23N3O. The van der Waals surface area contributed by atoms with Gasteiger partial charge in [0.15, 0.2) is 0 Å². The van der Waals surface area contributed by atoms with Crippen LogP contribution in [0.15, 0.2) is 18.2 Å². The van der Waals surface area contributed by atoms with Gasteiger partial charge in [0.2, 0.25) is 0 Å². The van der Waals surface area contributed by atoms with Crippen molar-refractivity contribution in [3.8, 4) is 0 Å². The number of carbonyl (C=O) groups is 1. The predicted molar refractivity (Wildman–Crippen MR) is 79.2 cm³/mol. The summed E-state index contributed by atoms with van der Waals surface area (Å²) < 4.78 is 0. The van der Waals surface area contributed by atoms with E-state index in [1.54, 1.807) is 12.1 Å². The Bertz CT molecular complexity index is 472. The molecule has 104 valence electrons. The van der Waals surface area contributed by atoms with Gasteiger partial charge in [-0.3, -0.25) is 4.79 Å². The molecule has 1 fully saturated rings. The van der Waals surface area contributed by atoms with Crippen LogP contribution in [-0.2, 0) is 0 Å². The van der Waals surface area contributed by atoms with E-state index in [9.17, 15) is 4.79 Å². The maximum atomic E-state index is 11.6. The summed E-state index contributed by atoms with van der Waals surface area (Å²) in [6, 6.07) is 5.78. The molecule has 0 aliphatic heterocycles. The number of nitrogens with zero attached hydrogens (tertiary/aromatic N) is 1. The topological polar surface area (TPSA) is 72.3 Å². The van der Waals surface area contributed by atoms with Crippen molar-refractivity contribution < 1.29 is 4.79 Å². The highest BCUT2D eigenvalue weighted by Crippen LogP contribution is 2.34. The quantitative estimate of drug-likeness (QED) is 0.820. The average molecular weight is 261 g/mol. The molecule has 1 saturated carbocycles. The molecule has 1 aliphatic carbocycles. The fourth-order valence-electron chi connectivity index (χ4n) is 3.19. The van der Waals surface area contributed by atoms with E-state index in [2.05, 4.69) is 11.8 Å². The summed E-state index contributed by atoms with van der Waals surface area (Å²) in [6.45, 7) is 2.27. The van der Waals surface area contributed by atoms with Gasteiger partial charge in [0.05, 0.1) is 16.9 Å². The van der Waals surface area contributed by atoms with E-state index in [1.807, 2.05) is 13.1 Å². The highest BCUT2D eigenvalue weighted by atomic mass is 16.1. The minimum absolute atomic E-state index is 0.419. The van der Waals surface area contributed by atoms with Crippen molar-refractivity contribution in [1.82, 2.24) is 0 Å². The number of hydrogen-bond donors (Lipinski definition) is 2. The van der Waals surface area contributed by atoms with Gasteiger partial charge in [0.25, 0.3) is 5.91 Å². The molecule has 1 aromatic rings. The van der Waals surface area contributed by atoms with Crippen LogP contribution in [0, 0.1) is 5.92 Å². The Balaban J connectivity index is 2.37. The zero-order chi connectivity index (χ0) is 14.0. The Morgan fingerprint density at radius 3 is 2.63 bits per heavy atom. The Hall–Kier alpha value is -1.71. The highest BCUT2D eigenvalue weighted by molar-refractivity contribution is 6.01. The number of para-hydroxylation sites is 1. The van der Waals surface area contributed by atoms with Gasteiger partial charge >= 0.3 is 0 Å². The van der Waals surface area contributed by atoms with Crippen molar-refractivity contribution in [2.24, 2.45) is 11.7 Å². The van der Waals surface area contributed by atoms with Crippen molar-refractivity contribution in [2.75, 3.05) is 17.7 Å². The van der Waals surface area contributed by atoms with Gasteiger partial charge < -0.3 is 16.4 Å². The van der Waals surface area contributed by atoms with Crippen molar-refractivity contribution >= 4 is 17.3 Å². The number of carbonyl (C=O) groups excluding carboxylic acids is 1. The molecule has 1 aromatic carbocycles. The first-order valence-electron chi connectivity index (χ1n) is 6.93. The van der Waals surface area contributed by atoms with E-state index in [1.165, 1.54) is 19.3 Å². The van der Waals surface area contributed by atoms with Crippen LogP contribution in [0.2, 0.25) is 0 Å². The number of nitrogen functional groups attached to an aromatic ring is 1. The fourth-order valence-corrected chi connectivity index (χ4v) is 3.19. The van der Waals surface area contributed by atoms with Gasteiger partial charge in [-0.1, -0.05) is 25.8 Å². The van der Waals surface area contributed by atoms with Gasteiger partial charge in [-0.15, -0.1) is 0 Å². The molecule has 0 bridgehead atoms. The zero-order valence-electron chi connectivity index (χ0n) is 11.7. The molecule has 0 heterocycles. The third-order valence-corrected chi connectivity index (χ3v) is 4.25. The lowest BCUT2D eigenvalue weighted by molar-refractivity contribution is 0.100. The third kappa shape index (κ3) is 2.67. The molecule has 1 amide bonds. The summed E-state index contributed by atoms with van der Waals surface area (Å²) in [4.78, 5) is 13.7. The molecule has 4 nitrogen and oxygen atoms in total. The number of nitrogens with two attached hydrogens (primary N) is 2. The Morgan fingerprint density at radius 2 is 2.00 bits per heavy atom. The molecule has 0 spiro atoms. The molecule has 4 N–H and O–H groups in total. The summed E-state index contributed by atoms with van der Waals surface area (Å²) in [5.74, 6) is 0.191. The van der Waals surface area contributed by atoms with Crippen molar-refractivity contribution in [3.05, 3.63) is 23.8 Å². The number of amides is 1. The van der Waals surface area contributed by atoms with E-state index in [4.69, 9.17) is 11.5 Å². The molecule has 19 heavy (non-hydrogen) atoms. The minimum Gasteiger partial charge on any atom is -0.397 e. The molecule has 0 saturated heterocycles. The van der Waals surface area contributed by atoms with E-state index in [0.717, 1.165) is 12.1 Å². The van der Waals surface area contributed by atoms with Crippen LogP contribution in [0.4, 0.5) is 11.4 Å². The molecule has 4 heteroatoms. The van der Waals surface area contributed by atoms with Gasteiger partial charge in [0.1, 0.15) is 0 Å². The number of anilines is 2. The molecule has 0 aromatic heterocycles. The standard InChI is InChI=1S/C15H23N3O/c1-10-6-3-4-9-13(10)18(2)14-11(15(17)19)7-5-8-12(14)16/h5,7-8,10,13H,3-4,6,9,16H2,1-2H3,(H2,17,19). The first kappa shape index (κ1) is 13.7. The van der Waals surface area contributed by atoms with Crippen molar-refractivity contribution in [2.45, 2.75) is 38.6 Å². The predicted octanol–water partition coefficient (Wildman–Crippen LogP) is 2.38. The molecule has 2 atom stereocenters. The first-order valence-corrected chi connectivity index (χ1v) is 6.93. The van der Waals surface area contributed by atoms with Crippen LogP contribution in [0.3, 0.4) is 0 Å². The summed E-state index contributed by atoms with van der Waals surface area (Å²) in [5, 5.41) is 0. The van der Waals surface area contributed by atoms with Crippen LogP contribution in [-0.4, -0.2) is 19.0 Å². The van der Waals surface area contributed by atoms with Gasteiger partial charge in [-0.2, -0.15) is 0 Å². The summed E-state index contributed by atoms with van der Waals surface area (Å²) >= 11 is 0. The Kier molecular flexibility index (Phi) is 3.98. The second kappa shape index (κ2) is 5.51. The lowest BCUT2D eigenvalue weighted by atomic mass is 9.84. The second-order valence-corrected chi connectivity index (χ2v) is 5.55. The maximum absolute atomic E-state index is 11.6. The molecular weight excluding hydrogens is 238 g/mol. The maximum Gasteiger partial charge on any atom is 0.250 e. The Morgan fingerprint density at radius 1 is 1.32 bits per heavy atom. The fraction of sp³-hybridized carbons (Fsp3) is 0.533. The van der Waals surface area contributed by atoms with Crippen LogP contribution in [0.5, 0.6) is 0 Å². The summed E-state index contributed by atoms with van der Waals surface area (Å²) in [6.07, 6.45) is 4.90. The largest absolute Gasteiger partial charge is 0.397 e. The van der Waals surface area contributed by atoms with Crippen molar-refractivity contribution in [3.63, 3.8) is 0 Å². The van der Waals surface area contributed by atoms with E-state index < -0.39 is 5.91 Å². The second-order valence-electron chi connectivity index (χ2n) is 5.55. The van der Waals surface area contributed by atoms with Crippen molar-refractivity contribution in [1.29, 1.82) is 0 Å². The van der Waals surface area contributed by atoms with Crippen LogP contribution in [0.25, 0.3) is 0 Å². The minimum atomic E-state index is -0.419. The molecule has 1 aliphatic rings. The SMILES string of the molecule is CC1CCCCC1N(C)c1c(N)cccc1C(N)=O. The smallest absolute Gasteiger partial charge is 0.250 e. The number of rotatable bonds is 3. The summed E-state index contributed by atoms with van der Waals surface area (Å²) in [7, 11) is 2.02.